The standard InChI is InChI=1S/C12H16BrNO5S2/c1-3-4-12(16)6-14(7-12)21(17,18)9-5-8(11(15)19-2)20-10(9)13/h5,16H,3-4,6-7H2,1-2H3. The highest BCUT2D eigenvalue weighted by atomic mass is 79.9. The van der Waals surface area contributed by atoms with Gasteiger partial charge in [0.25, 0.3) is 0 Å². The average molecular weight is 398 g/mol. The fraction of sp³-hybridized carbons (Fsp3) is 0.583. The van der Waals surface area contributed by atoms with Gasteiger partial charge in [-0.05, 0) is 28.4 Å². The SMILES string of the molecule is CCCC1(O)CN(S(=O)(=O)c2cc(C(=O)OC)sc2Br)C1. The number of ether oxygens (including phenoxy) is 1. The fourth-order valence-corrected chi connectivity index (χ4v) is 6.30. The second kappa shape index (κ2) is 5.96. The van der Waals surface area contributed by atoms with Gasteiger partial charge < -0.3 is 9.84 Å². The number of rotatable bonds is 5. The molecule has 0 amide bonds. The molecule has 0 saturated carbocycles. The van der Waals surface area contributed by atoms with Crippen molar-refractivity contribution in [2.45, 2.75) is 30.3 Å². The molecule has 1 N–H and O–H groups in total. The molecular weight excluding hydrogens is 382 g/mol. The number of hydrogen-bond acceptors (Lipinski definition) is 6. The van der Waals surface area contributed by atoms with Gasteiger partial charge in [-0.1, -0.05) is 13.3 Å². The van der Waals surface area contributed by atoms with Crippen molar-refractivity contribution in [1.82, 2.24) is 4.31 Å². The summed E-state index contributed by atoms with van der Waals surface area (Å²) < 4.78 is 31.1. The predicted molar refractivity (Wildman–Crippen MR) is 82.0 cm³/mol. The van der Waals surface area contributed by atoms with Crippen LogP contribution in [0, 0.1) is 0 Å². The summed E-state index contributed by atoms with van der Waals surface area (Å²) in [5, 5.41) is 10.1. The van der Waals surface area contributed by atoms with E-state index in [4.69, 9.17) is 0 Å². The number of sulfonamides is 1. The topological polar surface area (TPSA) is 83.9 Å². The van der Waals surface area contributed by atoms with E-state index in [1.807, 2.05) is 6.92 Å². The van der Waals surface area contributed by atoms with Crippen LogP contribution in [0.25, 0.3) is 0 Å². The summed E-state index contributed by atoms with van der Waals surface area (Å²) in [4.78, 5) is 11.7. The quantitative estimate of drug-likeness (QED) is 0.766. The van der Waals surface area contributed by atoms with Crippen molar-refractivity contribution in [2.24, 2.45) is 0 Å². The minimum Gasteiger partial charge on any atom is -0.465 e. The third-order valence-corrected chi connectivity index (χ3v) is 7.34. The number of carbonyl (C=O) groups excluding carboxylic acids is 1. The molecule has 2 rings (SSSR count). The zero-order valence-electron chi connectivity index (χ0n) is 11.6. The zero-order valence-corrected chi connectivity index (χ0v) is 14.8. The first-order chi connectivity index (χ1) is 9.73. The molecule has 1 aromatic heterocycles. The van der Waals surface area contributed by atoms with Gasteiger partial charge in [0.1, 0.15) is 9.77 Å². The summed E-state index contributed by atoms with van der Waals surface area (Å²) in [6.07, 6.45) is 1.36. The second-order valence-corrected chi connectivity index (χ2v) is 9.26. The Kier molecular flexibility index (Phi) is 4.79. The molecule has 1 saturated heterocycles. The second-order valence-electron chi connectivity index (χ2n) is 4.99. The first-order valence-electron chi connectivity index (χ1n) is 6.33. The molecule has 21 heavy (non-hydrogen) atoms. The number of nitrogens with zero attached hydrogens (tertiary/aromatic N) is 1. The van der Waals surface area contributed by atoms with Crippen LogP contribution in [0.4, 0.5) is 0 Å². The number of β-amino-alcohol motifs (C(OH)–C–C–N with tert-alkyl or cyclic N) is 1. The minimum absolute atomic E-state index is 0.0337. The number of hydrogen-bond donors (Lipinski definition) is 1. The molecule has 1 aliphatic rings. The van der Waals surface area contributed by atoms with Gasteiger partial charge in [-0.25, -0.2) is 13.2 Å². The van der Waals surface area contributed by atoms with Crippen LogP contribution >= 0.6 is 27.3 Å². The van der Waals surface area contributed by atoms with E-state index in [9.17, 15) is 18.3 Å². The Labute approximate surface area is 135 Å². The van der Waals surface area contributed by atoms with Gasteiger partial charge in [0.05, 0.1) is 16.5 Å². The Hall–Kier alpha value is -0.480. The first-order valence-corrected chi connectivity index (χ1v) is 9.38. The van der Waals surface area contributed by atoms with Gasteiger partial charge in [0, 0.05) is 13.1 Å². The smallest absolute Gasteiger partial charge is 0.348 e. The van der Waals surface area contributed by atoms with Crippen molar-refractivity contribution in [3.05, 3.63) is 14.7 Å². The molecule has 1 aliphatic heterocycles. The summed E-state index contributed by atoms with van der Waals surface area (Å²) in [6.45, 7) is 2.10. The van der Waals surface area contributed by atoms with Crippen LogP contribution in [0.1, 0.15) is 29.4 Å². The molecule has 0 aromatic carbocycles. The van der Waals surface area contributed by atoms with Gasteiger partial charge in [0.2, 0.25) is 10.0 Å². The average Bonchev–Trinajstić information content (AvgIpc) is 2.78. The highest BCUT2D eigenvalue weighted by Gasteiger charge is 2.47. The van der Waals surface area contributed by atoms with Crippen LogP contribution in [-0.4, -0.2) is 49.6 Å². The largest absolute Gasteiger partial charge is 0.465 e. The van der Waals surface area contributed by atoms with Crippen molar-refractivity contribution >= 4 is 43.3 Å². The van der Waals surface area contributed by atoms with E-state index in [1.165, 1.54) is 17.5 Å². The van der Waals surface area contributed by atoms with E-state index in [2.05, 4.69) is 20.7 Å². The molecular formula is C12H16BrNO5S2. The number of carbonyl (C=O) groups is 1. The molecule has 0 spiro atoms. The number of esters is 1. The first kappa shape index (κ1) is 16.9. The third-order valence-electron chi connectivity index (χ3n) is 3.32. The monoisotopic (exact) mass is 397 g/mol. The zero-order chi connectivity index (χ0) is 15.8. The molecule has 9 heteroatoms. The Morgan fingerprint density at radius 3 is 2.71 bits per heavy atom. The summed E-state index contributed by atoms with van der Waals surface area (Å²) in [5.41, 5.74) is -0.935. The van der Waals surface area contributed by atoms with Crippen LogP contribution < -0.4 is 0 Å². The van der Waals surface area contributed by atoms with E-state index in [0.29, 0.717) is 10.2 Å². The summed E-state index contributed by atoms with van der Waals surface area (Å²) in [7, 11) is -2.47. The highest BCUT2D eigenvalue weighted by molar-refractivity contribution is 9.11. The molecule has 1 fully saturated rings. The Morgan fingerprint density at radius 1 is 1.57 bits per heavy atom. The molecule has 118 valence electrons. The lowest BCUT2D eigenvalue weighted by atomic mass is 9.92. The van der Waals surface area contributed by atoms with Crippen LogP contribution in [0.15, 0.2) is 14.7 Å². The lowest BCUT2D eigenvalue weighted by Crippen LogP contribution is -2.63. The van der Waals surface area contributed by atoms with Crippen molar-refractivity contribution in [1.29, 1.82) is 0 Å². The summed E-state index contributed by atoms with van der Waals surface area (Å²) in [6, 6.07) is 1.30. The molecule has 0 aliphatic carbocycles. The molecule has 0 radical (unpaired) electrons. The highest BCUT2D eigenvalue weighted by Crippen LogP contribution is 2.37. The lowest BCUT2D eigenvalue weighted by Gasteiger charge is -2.45. The normalized spacial score (nSPS) is 18.3. The van der Waals surface area contributed by atoms with Gasteiger partial charge in [0.15, 0.2) is 0 Å². The minimum atomic E-state index is -3.71. The number of methoxy groups -OCH3 is 1. The van der Waals surface area contributed by atoms with Gasteiger partial charge in [-0.15, -0.1) is 11.3 Å². The Morgan fingerprint density at radius 2 is 2.19 bits per heavy atom. The van der Waals surface area contributed by atoms with Gasteiger partial charge >= 0.3 is 5.97 Å². The van der Waals surface area contributed by atoms with Gasteiger partial charge in [-0.2, -0.15) is 4.31 Å². The summed E-state index contributed by atoms with van der Waals surface area (Å²) in [5.74, 6) is -0.576. The molecule has 0 unspecified atom stereocenters. The van der Waals surface area contributed by atoms with Gasteiger partial charge in [-0.3, -0.25) is 0 Å². The van der Waals surface area contributed by atoms with Crippen molar-refractivity contribution in [2.75, 3.05) is 20.2 Å². The van der Waals surface area contributed by atoms with E-state index >= 15 is 0 Å². The number of thiophene rings is 1. The van der Waals surface area contributed by atoms with Crippen molar-refractivity contribution in [3.63, 3.8) is 0 Å². The third kappa shape index (κ3) is 3.16. The maximum absolute atomic E-state index is 12.5. The predicted octanol–water partition coefficient (Wildman–Crippen LogP) is 1.83. The van der Waals surface area contributed by atoms with Crippen LogP contribution in [0.2, 0.25) is 0 Å². The van der Waals surface area contributed by atoms with E-state index in [1.54, 1.807) is 0 Å². The lowest BCUT2D eigenvalue weighted by molar-refractivity contribution is -0.0653. The van der Waals surface area contributed by atoms with E-state index in [0.717, 1.165) is 17.8 Å². The molecule has 0 bridgehead atoms. The van der Waals surface area contributed by atoms with Crippen LogP contribution in [0.3, 0.4) is 0 Å². The van der Waals surface area contributed by atoms with Crippen LogP contribution in [0.5, 0.6) is 0 Å². The molecule has 6 nitrogen and oxygen atoms in total. The molecule has 2 heterocycles. The number of halogens is 1. The number of aliphatic hydroxyl groups is 1. The Balaban J connectivity index is 2.22. The van der Waals surface area contributed by atoms with Crippen molar-refractivity contribution < 1.29 is 23.1 Å². The fourth-order valence-electron chi connectivity index (χ4n) is 2.27. The summed E-state index contributed by atoms with van der Waals surface area (Å²) >= 11 is 4.18. The molecule has 0 atom stereocenters. The van der Waals surface area contributed by atoms with E-state index in [-0.39, 0.29) is 22.9 Å². The molecule has 1 aromatic rings. The van der Waals surface area contributed by atoms with E-state index < -0.39 is 21.6 Å². The Bertz CT molecular complexity index is 649. The van der Waals surface area contributed by atoms with Crippen LogP contribution in [-0.2, 0) is 14.8 Å². The maximum Gasteiger partial charge on any atom is 0.348 e. The van der Waals surface area contributed by atoms with Crippen molar-refractivity contribution in [3.8, 4) is 0 Å². The maximum atomic E-state index is 12.5.